The maximum atomic E-state index is 5.41. The molecule has 7 aromatic rings. The zero-order valence-corrected chi connectivity index (χ0v) is 27.1. The third kappa shape index (κ3) is 4.70. The molecule has 0 N–H and O–H groups in total. The quantitative estimate of drug-likeness (QED) is 0.182. The molecule has 2 aromatic heterocycles. The van der Waals surface area contributed by atoms with E-state index in [9.17, 15) is 0 Å². The van der Waals surface area contributed by atoms with Gasteiger partial charge in [-0.2, -0.15) is 0 Å². The van der Waals surface area contributed by atoms with E-state index in [0.29, 0.717) is 5.92 Å². The van der Waals surface area contributed by atoms with Crippen molar-refractivity contribution in [2.24, 2.45) is 5.92 Å². The molecule has 49 heavy (non-hydrogen) atoms. The van der Waals surface area contributed by atoms with Crippen molar-refractivity contribution in [2.75, 3.05) is 0 Å². The van der Waals surface area contributed by atoms with E-state index in [1.807, 2.05) is 12.3 Å². The van der Waals surface area contributed by atoms with Gasteiger partial charge in [-0.3, -0.25) is 4.98 Å². The van der Waals surface area contributed by atoms with E-state index in [4.69, 9.17) is 15.1 Å². The summed E-state index contributed by atoms with van der Waals surface area (Å²) in [7, 11) is 0. The Morgan fingerprint density at radius 3 is 2.45 bits per heavy atom. The molecule has 4 heteroatoms. The number of para-hydroxylation sites is 1. The van der Waals surface area contributed by atoms with Crippen molar-refractivity contribution in [3.63, 3.8) is 0 Å². The minimum Gasteiger partial charge on any atom is -0.256 e. The van der Waals surface area contributed by atoms with Gasteiger partial charge in [0.25, 0.3) is 0 Å². The van der Waals surface area contributed by atoms with Crippen LogP contribution < -0.4 is 0 Å². The molecule has 3 aliphatic rings. The monoisotopic (exact) mass is 630 g/mol. The smallest absolute Gasteiger partial charge is 0.182 e. The number of pyridine rings is 1. The molecule has 0 radical (unpaired) electrons. The van der Waals surface area contributed by atoms with Gasteiger partial charge >= 0.3 is 0 Å². The second-order valence-corrected chi connectivity index (χ2v) is 13.5. The topological polar surface area (TPSA) is 43.6 Å². The predicted molar refractivity (Wildman–Crippen MR) is 202 cm³/mol. The highest BCUT2D eigenvalue weighted by Crippen LogP contribution is 2.47. The molecule has 234 valence electrons. The molecule has 5 aromatic carbocycles. The van der Waals surface area contributed by atoms with E-state index in [1.165, 1.54) is 38.7 Å². The molecule has 0 saturated carbocycles. The van der Waals surface area contributed by atoms with E-state index in [2.05, 4.69) is 138 Å². The Hall–Kier alpha value is -5.87. The largest absolute Gasteiger partial charge is 0.256 e. The summed E-state index contributed by atoms with van der Waals surface area (Å²) in [4.78, 5) is 10.1. The van der Waals surface area contributed by atoms with Crippen LogP contribution in [0.4, 0.5) is 0 Å². The molecule has 3 aliphatic carbocycles. The van der Waals surface area contributed by atoms with Gasteiger partial charge in [-0.25, -0.2) is 9.67 Å². The summed E-state index contributed by atoms with van der Waals surface area (Å²) in [6, 6.07) is 39.1. The SMILES string of the molecule is C1=Cc2cc(-c3nc(-c4ccc(-c5cnc6ccccc6c5)cc4)nn3C3=Cc4ccccc4C4CCC=CC34)c3ccccc3c2CC1. The maximum Gasteiger partial charge on any atom is 0.182 e. The number of hydrogen-bond acceptors (Lipinski definition) is 3. The molecule has 0 spiro atoms. The average molecular weight is 631 g/mol. The first-order valence-corrected chi connectivity index (χ1v) is 17.4. The Kier molecular flexibility index (Phi) is 6.54. The summed E-state index contributed by atoms with van der Waals surface area (Å²) in [5.41, 5.74) is 11.9. The molecular formula is C45H34N4. The maximum absolute atomic E-state index is 5.41. The minimum absolute atomic E-state index is 0.225. The molecule has 2 heterocycles. The third-order valence-electron chi connectivity index (χ3n) is 10.7. The van der Waals surface area contributed by atoms with Crippen molar-refractivity contribution in [1.82, 2.24) is 19.7 Å². The second kappa shape index (κ2) is 11.4. The van der Waals surface area contributed by atoms with Crippen molar-refractivity contribution >= 4 is 39.5 Å². The molecule has 0 saturated heterocycles. The molecule has 10 rings (SSSR count). The van der Waals surface area contributed by atoms with Gasteiger partial charge in [0, 0.05) is 34.2 Å². The zero-order chi connectivity index (χ0) is 32.3. The number of hydrogen-bond donors (Lipinski definition) is 0. The van der Waals surface area contributed by atoms with Gasteiger partial charge in [0.2, 0.25) is 0 Å². The van der Waals surface area contributed by atoms with Crippen LogP contribution in [0.1, 0.15) is 47.4 Å². The van der Waals surface area contributed by atoms with E-state index >= 15 is 0 Å². The number of rotatable bonds is 4. The lowest BCUT2D eigenvalue weighted by atomic mass is 9.72. The average Bonchev–Trinajstić information content (AvgIpc) is 3.62. The zero-order valence-electron chi connectivity index (χ0n) is 27.1. The Bertz CT molecular complexity index is 2510. The summed E-state index contributed by atoms with van der Waals surface area (Å²) in [5.74, 6) is 2.26. The third-order valence-corrected chi connectivity index (χ3v) is 10.7. The van der Waals surface area contributed by atoms with Gasteiger partial charge in [-0.1, -0.05) is 115 Å². The van der Waals surface area contributed by atoms with Crippen LogP contribution in [-0.4, -0.2) is 19.7 Å². The number of nitrogens with zero attached hydrogens (tertiary/aromatic N) is 4. The summed E-state index contributed by atoms with van der Waals surface area (Å²) in [5, 5.41) is 9.05. The first kappa shape index (κ1) is 28.2. The standard InChI is InChI=1S/C45H34N4/c1-4-14-35-31(11-1)26-41(39-18-7-6-16-37(35)39)45-47-44(30-23-21-29(22-24-30)34-25-33-13-3-10-20-42(33)46-28-34)48-49(45)43-27-32-12-2-5-15-36(32)38-17-8-9-19-40(38)43/h1-3,5-7,9-13,15-16,18-28,38,40H,4,8,14,17H2. The lowest BCUT2D eigenvalue weighted by molar-refractivity contribution is 0.518. The fraction of sp³-hybridized carbons (Fsp3) is 0.133. The van der Waals surface area contributed by atoms with Crippen molar-refractivity contribution in [3.05, 3.63) is 156 Å². The Balaban J connectivity index is 1.16. The van der Waals surface area contributed by atoms with Gasteiger partial charge in [0.15, 0.2) is 11.6 Å². The van der Waals surface area contributed by atoms with Crippen molar-refractivity contribution in [3.8, 4) is 33.9 Å². The first-order valence-electron chi connectivity index (χ1n) is 17.4. The van der Waals surface area contributed by atoms with E-state index < -0.39 is 0 Å². The van der Waals surface area contributed by atoms with Crippen LogP contribution in [0.2, 0.25) is 0 Å². The number of aromatic nitrogens is 4. The minimum atomic E-state index is 0.225. The second-order valence-electron chi connectivity index (χ2n) is 13.5. The predicted octanol–water partition coefficient (Wildman–Crippen LogP) is 11.0. The normalized spacial score (nSPS) is 17.8. The van der Waals surface area contributed by atoms with Crippen LogP contribution in [-0.2, 0) is 6.42 Å². The van der Waals surface area contributed by atoms with Gasteiger partial charge in [0.05, 0.1) is 11.2 Å². The lowest BCUT2D eigenvalue weighted by Crippen LogP contribution is -2.23. The number of allylic oxidation sites excluding steroid dienone is 4. The molecule has 0 aliphatic heterocycles. The van der Waals surface area contributed by atoms with Crippen LogP contribution in [0.5, 0.6) is 0 Å². The van der Waals surface area contributed by atoms with Crippen LogP contribution in [0.15, 0.2) is 134 Å². The highest BCUT2D eigenvalue weighted by Gasteiger charge is 2.34. The molecule has 0 bridgehead atoms. The molecule has 2 unspecified atom stereocenters. The first-order chi connectivity index (χ1) is 24.3. The Labute approximate surface area is 285 Å². The van der Waals surface area contributed by atoms with Crippen LogP contribution in [0, 0.1) is 5.92 Å². The number of aryl methyl sites for hydroxylation is 1. The number of benzene rings is 5. The summed E-state index contributed by atoms with van der Waals surface area (Å²) in [6.45, 7) is 0. The fourth-order valence-corrected chi connectivity index (χ4v) is 8.26. The molecular weight excluding hydrogens is 597 g/mol. The number of fused-ring (bicyclic) bond motifs is 7. The summed E-state index contributed by atoms with van der Waals surface area (Å²) >= 11 is 0. The molecule has 0 fully saturated rings. The molecule has 0 amide bonds. The van der Waals surface area contributed by atoms with Crippen LogP contribution in [0.3, 0.4) is 0 Å². The van der Waals surface area contributed by atoms with Crippen molar-refractivity contribution in [2.45, 2.75) is 31.6 Å². The van der Waals surface area contributed by atoms with Gasteiger partial charge in [-0.15, -0.1) is 5.10 Å². The summed E-state index contributed by atoms with van der Waals surface area (Å²) in [6.07, 6.45) is 18.0. The highest BCUT2D eigenvalue weighted by atomic mass is 15.4. The van der Waals surface area contributed by atoms with E-state index in [0.717, 1.165) is 70.5 Å². The molecule has 4 nitrogen and oxygen atoms in total. The van der Waals surface area contributed by atoms with E-state index in [1.54, 1.807) is 0 Å². The highest BCUT2D eigenvalue weighted by molar-refractivity contribution is 6.00. The van der Waals surface area contributed by atoms with Crippen molar-refractivity contribution in [1.29, 1.82) is 0 Å². The van der Waals surface area contributed by atoms with Crippen LogP contribution in [0.25, 0.3) is 73.4 Å². The Morgan fingerprint density at radius 2 is 1.51 bits per heavy atom. The fourth-order valence-electron chi connectivity index (χ4n) is 8.26. The van der Waals surface area contributed by atoms with E-state index in [-0.39, 0.29) is 5.92 Å². The van der Waals surface area contributed by atoms with Crippen LogP contribution >= 0.6 is 0 Å². The Morgan fingerprint density at radius 1 is 0.694 bits per heavy atom. The van der Waals surface area contributed by atoms with Gasteiger partial charge in [0.1, 0.15) is 0 Å². The summed E-state index contributed by atoms with van der Waals surface area (Å²) < 4.78 is 2.17. The van der Waals surface area contributed by atoms with Gasteiger partial charge in [-0.05, 0) is 94.5 Å². The van der Waals surface area contributed by atoms with Crippen molar-refractivity contribution < 1.29 is 0 Å². The van der Waals surface area contributed by atoms with Gasteiger partial charge < -0.3 is 0 Å². The molecule has 2 atom stereocenters. The lowest BCUT2D eigenvalue weighted by Gasteiger charge is -2.35.